The maximum atomic E-state index is 12.9. The van der Waals surface area contributed by atoms with Crippen LogP contribution in [0.4, 0.5) is 23.7 Å². The van der Waals surface area contributed by atoms with Gasteiger partial charge >= 0.3 is 18.2 Å². The van der Waals surface area contributed by atoms with Crippen LogP contribution in [0.2, 0.25) is 5.02 Å². The maximum absolute atomic E-state index is 12.9. The van der Waals surface area contributed by atoms with Crippen molar-refractivity contribution in [1.82, 2.24) is 10.2 Å². The van der Waals surface area contributed by atoms with Gasteiger partial charge < -0.3 is 15.4 Å². The molecule has 0 aromatic heterocycles. The predicted molar refractivity (Wildman–Crippen MR) is 107 cm³/mol. The fourth-order valence-corrected chi connectivity index (χ4v) is 3.78. The van der Waals surface area contributed by atoms with E-state index in [1.54, 1.807) is 24.3 Å². The van der Waals surface area contributed by atoms with Crippen LogP contribution in [0.25, 0.3) is 0 Å². The second-order valence-corrected chi connectivity index (χ2v) is 7.46. The molecule has 0 fully saturated rings. The van der Waals surface area contributed by atoms with E-state index in [0.29, 0.717) is 10.6 Å². The van der Waals surface area contributed by atoms with Gasteiger partial charge in [-0.05, 0) is 29.8 Å². The van der Waals surface area contributed by atoms with Crippen LogP contribution in [0.15, 0.2) is 59.8 Å². The van der Waals surface area contributed by atoms with Crippen molar-refractivity contribution in [2.75, 3.05) is 18.5 Å². The molecule has 3 amide bonds. The highest BCUT2D eigenvalue weighted by molar-refractivity contribution is 6.31. The summed E-state index contributed by atoms with van der Waals surface area (Å²) in [6.07, 6.45) is -4.57. The van der Waals surface area contributed by atoms with E-state index in [9.17, 15) is 27.6 Å². The minimum atomic E-state index is -4.57. The summed E-state index contributed by atoms with van der Waals surface area (Å²) in [6.45, 7) is -0.758. The predicted octanol–water partition coefficient (Wildman–Crippen LogP) is 3.87. The molecular formula is C21H15ClF3N3O4. The molecule has 2 aromatic rings. The first kappa shape index (κ1) is 21.7. The number of cyclic esters (lactones) is 1. The number of carbonyl (C=O) groups is 3. The van der Waals surface area contributed by atoms with Crippen molar-refractivity contribution in [3.63, 3.8) is 0 Å². The minimum absolute atomic E-state index is 0.0795. The summed E-state index contributed by atoms with van der Waals surface area (Å²) in [6, 6.07) is 9.24. The molecule has 2 aliphatic rings. The third kappa shape index (κ3) is 4.13. The van der Waals surface area contributed by atoms with Crippen molar-refractivity contribution in [2.45, 2.75) is 12.2 Å². The SMILES string of the molecule is O=C(CN1C(=O)NC(c2ccccc2Cl)C2=C1COC2=O)Nc1cccc(C(F)(F)F)c1. The monoisotopic (exact) mass is 465 g/mol. The molecule has 1 unspecified atom stereocenters. The number of hydrogen-bond donors (Lipinski definition) is 2. The van der Waals surface area contributed by atoms with E-state index < -0.39 is 42.2 Å². The van der Waals surface area contributed by atoms with E-state index in [4.69, 9.17) is 16.3 Å². The Morgan fingerprint density at radius 1 is 1.19 bits per heavy atom. The number of benzene rings is 2. The smallest absolute Gasteiger partial charge is 0.416 e. The summed E-state index contributed by atoms with van der Waals surface area (Å²) in [7, 11) is 0. The Balaban J connectivity index is 1.58. The number of urea groups is 1. The Morgan fingerprint density at radius 2 is 1.94 bits per heavy atom. The number of rotatable bonds is 4. The number of esters is 1. The summed E-state index contributed by atoms with van der Waals surface area (Å²) in [5.41, 5.74) is -0.174. The topological polar surface area (TPSA) is 87.7 Å². The lowest BCUT2D eigenvalue weighted by molar-refractivity contribution is -0.138. The van der Waals surface area contributed by atoms with Gasteiger partial charge in [0, 0.05) is 10.7 Å². The number of amides is 3. The van der Waals surface area contributed by atoms with E-state index >= 15 is 0 Å². The zero-order valence-corrected chi connectivity index (χ0v) is 17.0. The van der Waals surface area contributed by atoms with E-state index in [2.05, 4.69) is 10.6 Å². The highest BCUT2D eigenvalue weighted by Crippen LogP contribution is 2.37. The summed E-state index contributed by atoms with van der Waals surface area (Å²) >= 11 is 6.22. The van der Waals surface area contributed by atoms with E-state index in [0.717, 1.165) is 23.1 Å². The van der Waals surface area contributed by atoms with Gasteiger partial charge in [0.2, 0.25) is 5.91 Å². The van der Waals surface area contributed by atoms with Crippen LogP contribution in [0, 0.1) is 0 Å². The first-order valence-corrected chi connectivity index (χ1v) is 9.72. The molecule has 0 bridgehead atoms. The third-order valence-corrected chi connectivity index (χ3v) is 5.33. The standard InChI is InChI=1S/C21H15ClF3N3O4/c22-14-7-2-1-6-13(14)18-17-15(10-32-19(17)30)28(20(31)27-18)9-16(29)26-12-5-3-4-11(8-12)21(23,24)25/h1-8,18H,9-10H2,(H,26,29)(H,27,31). The average molecular weight is 466 g/mol. The quantitative estimate of drug-likeness (QED) is 0.671. The molecule has 0 aliphatic carbocycles. The van der Waals surface area contributed by atoms with Gasteiger partial charge in [-0.2, -0.15) is 13.2 Å². The van der Waals surface area contributed by atoms with E-state index in [-0.39, 0.29) is 23.6 Å². The van der Waals surface area contributed by atoms with Crippen molar-refractivity contribution in [3.05, 3.63) is 76.0 Å². The Labute approximate surface area is 184 Å². The lowest BCUT2D eigenvalue weighted by Gasteiger charge is -2.32. The summed E-state index contributed by atoms with van der Waals surface area (Å²) in [5, 5.41) is 5.31. The molecule has 4 rings (SSSR count). The number of nitrogens with zero attached hydrogens (tertiary/aromatic N) is 1. The first-order valence-electron chi connectivity index (χ1n) is 9.35. The Kier molecular flexibility index (Phi) is 5.55. The summed E-state index contributed by atoms with van der Waals surface area (Å²) in [5.74, 6) is -1.41. The van der Waals surface area contributed by atoms with E-state index in [1.165, 1.54) is 6.07 Å². The van der Waals surface area contributed by atoms with Crippen LogP contribution in [0.1, 0.15) is 17.2 Å². The molecule has 166 valence electrons. The molecule has 0 radical (unpaired) electrons. The number of halogens is 4. The van der Waals surface area contributed by atoms with Gasteiger partial charge in [-0.15, -0.1) is 0 Å². The third-order valence-electron chi connectivity index (χ3n) is 4.99. The molecular weight excluding hydrogens is 451 g/mol. The van der Waals surface area contributed by atoms with Crippen LogP contribution in [0.3, 0.4) is 0 Å². The lowest BCUT2D eigenvalue weighted by atomic mass is 9.95. The van der Waals surface area contributed by atoms with Crippen LogP contribution in [-0.4, -0.2) is 36.0 Å². The Hall–Kier alpha value is -3.53. The molecule has 0 saturated carbocycles. The molecule has 11 heteroatoms. The molecule has 2 aliphatic heterocycles. The number of nitrogens with one attached hydrogen (secondary N) is 2. The molecule has 1 atom stereocenters. The summed E-state index contributed by atoms with van der Waals surface area (Å²) < 4.78 is 43.7. The number of carbonyl (C=O) groups excluding carboxylic acids is 3. The van der Waals surface area contributed by atoms with Gasteiger partial charge in [-0.1, -0.05) is 35.9 Å². The van der Waals surface area contributed by atoms with Gasteiger partial charge in [0.15, 0.2) is 0 Å². The van der Waals surface area contributed by atoms with Gasteiger partial charge in [0.1, 0.15) is 13.2 Å². The average Bonchev–Trinajstić information content (AvgIpc) is 3.11. The van der Waals surface area contributed by atoms with Crippen molar-refractivity contribution in [3.8, 4) is 0 Å². The second kappa shape index (κ2) is 8.19. The number of anilines is 1. The van der Waals surface area contributed by atoms with Crippen molar-refractivity contribution in [2.24, 2.45) is 0 Å². The number of hydrogen-bond acceptors (Lipinski definition) is 4. The first-order chi connectivity index (χ1) is 15.1. The van der Waals surface area contributed by atoms with Gasteiger partial charge in [0.25, 0.3) is 0 Å². The highest BCUT2D eigenvalue weighted by atomic mass is 35.5. The second-order valence-electron chi connectivity index (χ2n) is 7.05. The van der Waals surface area contributed by atoms with Gasteiger partial charge in [0.05, 0.1) is 22.9 Å². The molecule has 2 heterocycles. The fourth-order valence-electron chi connectivity index (χ4n) is 3.54. The highest BCUT2D eigenvalue weighted by Gasteiger charge is 2.43. The molecule has 32 heavy (non-hydrogen) atoms. The maximum Gasteiger partial charge on any atom is 0.416 e. The lowest BCUT2D eigenvalue weighted by Crippen LogP contribution is -2.49. The van der Waals surface area contributed by atoms with Gasteiger partial charge in [-0.25, -0.2) is 9.59 Å². The van der Waals surface area contributed by atoms with Gasteiger partial charge in [-0.3, -0.25) is 9.69 Å². The summed E-state index contributed by atoms with van der Waals surface area (Å²) in [4.78, 5) is 38.6. The van der Waals surface area contributed by atoms with Crippen LogP contribution < -0.4 is 10.6 Å². The van der Waals surface area contributed by atoms with Crippen LogP contribution in [0.5, 0.6) is 0 Å². The van der Waals surface area contributed by atoms with E-state index in [1.807, 2.05) is 0 Å². The number of alkyl halides is 3. The molecule has 0 spiro atoms. The molecule has 2 N–H and O–H groups in total. The fraction of sp³-hybridized carbons (Fsp3) is 0.190. The van der Waals surface area contributed by atoms with Crippen molar-refractivity contribution >= 4 is 35.2 Å². The number of ether oxygens (including phenoxy) is 1. The molecule has 7 nitrogen and oxygen atoms in total. The normalized spacial score (nSPS) is 18.2. The Bertz CT molecular complexity index is 1150. The van der Waals surface area contributed by atoms with Crippen molar-refractivity contribution in [1.29, 1.82) is 0 Å². The van der Waals surface area contributed by atoms with Crippen LogP contribution >= 0.6 is 11.6 Å². The zero-order chi connectivity index (χ0) is 23.0. The van der Waals surface area contributed by atoms with Crippen LogP contribution in [-0.2, 0) is 20.5 Å². The molecule has 2 aromatic carbocycles. The molecule has 0 saturated heterocycles. The van der Waals surface area contributed by atoms with Crippen molar-refractivity contribution < 1.29 is 32.3 Å². The Morgan fingerprint density at radius 3 is 2.66 bits per heavy atom. The largest absolute Gasteiger partial charge is 0.456 e. The zero-order valence-electron chi connectivity index (χ0n) is 16.2. The minimum Gasteiger partial charge on any atom is -0.456 e.